The van der Waals surface area contributed by atoms with Crippen molar-refractivity contribution in [1.29, 1.82) is 0 Å². The number of nitrogens with zero attached hydrogens (tertiary/aromatic N) is 4. The van der Waals surface area contributed by atoms with Gasteiger partial charge in [0.25, 0.3) is 0 Å². The number of likely N-dealkylation sites (tertiary alicyclic amines) is 1. The number of hydrogen-bond donors (Lipinski definition) is 2. The maximum absolute atomic E-state index is 4.80. The number of halogens is 1. The van der Waals surface area contributed by atoms with Gasteiger partial charge in [-0.05, 0) is 57.8 Å². The lowest BCUT2D eigenvalue weighted by Crippen LogP contribution is -2.54. The van der Waals surface area contributed by atoms with Gasteiger partial charge in [0.05, 0.1) is 12.9 Å². The second-order valence-electron chi connectivity index (χ2n) is 8.46. The number of piperidine rings is 1. The maximum Gasteiger partial charge on any atom is 0.191 e. The quantitative estimate of drug-likeness (QED) is 0.313. The van der Waals surface area contributed by atoms with Gasteiger partial charge in [0.2, 0.25) is 0 Å². The van der Waals surface area contributed by atoms with Crippen LogP contribution in [-0.2, 0) is 13.1 Å². The number of guanidine groups is 1. The smallest absolute Gasteiger partial charge is 0.191 e. The fraction of sp³-hybridized carbons (Fsp3) is 0.565. The molecule has 0 atom stereocenters. The van der Waals surface area contributed by atoms with Crippen LogP contribution in [0.4, 0.5) is 0 Å². The average Bonchev–Trinajstić information content (AvgIpc) is 3.25. The molecule has 1 aliphatic heterocycles. The van der Waals surface area contributed by atoms with Gasteiger partial charge >= 0.3 is 0 Å². The zero-order valence-corrected chi connectivity index (χ0v) is 20.9. The molecule has 1 aliphatic rings. The minimum absolute atomic E-state index is 0. The first kappa shape index (κ1) is 24.7. The minimum Gasteiger partial charge on any atom is -0.357 e. The first-order valence-electron chi connectivity index (χ1n) is 10.9. The van der Waals surface area contributed by atoms with Gasteiger partial charge in [-0.1, -0.05) is 30.7 Å². The lowest BCUT2D eigenvalue weighted by Gasteiger charge is -2.41. The van der Waals surface area contributed by atoms with E-state index in [4.69, 9.17) is 4.99 Å². The molecule has 0 saturated carbocycles. The van der Waals surface area contributed by atoms with Gasteiger partial charge in [-0.15, -0.1) is 24.0 Å². The Morgan fingerprint density at radius 2 is 1.77 bits per heavy atom. The molecule has 0 radical (unpaired) electrons. The molecule has 3 rings (SSSR count). The van der Waals surface area contributed by atoms with Crippen molar-refractivity contribution in [2.24, 2.45) is 4.99 Å². The summed E-state index contributed by atoms with van der Waals surface area (Å²) in [6, 6.07) is 8.67. The zero-order valence-electron chi connectivity index (χ0n) is 18.6. The van der Waals surface area contributed by atoms with E-state index in [2.05, 4.69) is 70.1 Å². The second kappa shape index (κ2) is 12.3. The largest absolute Gasteiger partial charge is 0.357 e. The molecule has 0 aliphatic carbocycles. The highest BCUT2D eigenvalue weighted by molar-refractivity contribution is 14.0. The van der Waals surface area contributed by atoms with E-state index in [0.717, 1.165) is 25.6 Å². The van der Waals surface area contributed by atoms with E-state index in [1.807, 2.05) is 18.7 Å². The lowest BCUT2D eigenvalue weighted by molar-refractivity contribution is 0.0982. The molecule has 0 amide bonds. The van der Waals surface area contributed by atoms with Crippen molar-refractivity contribution in [2.75, 3.05) is 26.2 Å². The molecule has 0 bridgehead atoms. The van der Waals surface area contributed by atoms with Gasteiger partial charge in [0, 0.05) is 37.6 Å². The Morgan fingerprint density at radius 3 is 2.40 bits per heavy atom. The Labute approximate surface area is 198 Å². The van der Waals surface area contributed by atoms with Gasteiger partial charge in [-0.2, -0.15) is 0 Å². The Kier molecular flexibility index (Phi) is 10.1. The Balaban J connectivity index is 0.00000320. The summed E-state index contributed by atoms with van der Waals surface area (Å²) < 4.78 is 2.07. The van der Waals surface area contributed by atoms with Crippen molar-refractivity contribution in [1.82, 2.24) is 25.1 Å². The van der Waals surface area contributed by atoms with E-state index >= 15 is 0 Å². The van der Waals surface area contributed by atoms with E-state index < -0.39 is 0 Å². The van der Waals surface area contributed by atoms with Gasteiger partial charge in [0.1, 0.15) is 0 Å². The predicted octanol–water partition coefficient (Wildman–Crippen LogP) is 3.87. The average molecular weight is 524 g/mol. The van der Waals surface area contributed by atoms with Crippen molar-refractivity contribution >= 4 is 29.9 Å². The summed E-state index contributed by atoms with van der Waals surface area (Å²) in [5.41, 5.74) is 2.61. The van der Waals surface area contributed by atoms with E-state index in [-0.39, 0.29) is 29.5 Å². The summed E-state index contributed by atoms with van der Waals surface area (Å²) in [4.78, 5) is 11.5. The third kappa shape index (κ3) is 7.58. The molecule has 1 fully saturated rings. The van der Waals surface area contributed by atoms with E-state index in [0.29, 0.717) is 6.54 Å². The number of rotatable bonds is 8. The SMILES string of the molecule is CCNC(=NCc1ccc(Cn2ccnc2)cc1)NCC(C)(C)N1CCCCC1.I. The molecular weight excluding hydrogens is 487 g/mol. The summed E-state index contributed by atoms with van der Waals surface area (Å²) in [6.45, 7) is 12.4. The number of nitrogens with one attached hydrogen (secondary N) is 2. The van der Waals surface area contributed by atoms with Gasteiger partial charge in [-0.3, -0.25) is 4.90 Å². The van der Waals surface area contributed by atoms with Crippen molar-refractivity contribution in [3.63, 3.8) is 0 Å². The summed E-state index contributed by atoms with van der Waals surface area (Å²) in [7, 11) is 0. The highest BCUT2D eigenvalue weighted by Crippen LogP contribution is 2.19. The molecule has 2 N–H and O–H groups in total. The van der Waals surface area contributed by atoms with Gasteiger partial charge in [0.15, 0.2) is 5.96 Å². The molecule has 0 unspecified atom stereocenters. The van der Waals surface area contributed by atoms with Crippen LogP contribution < -0.4 is 10.6 Å². The number of aromatic nitrogens is 2. The minimum atomic E-state index is 0. The van der Waals surface area contributed by atoms with Crippen LogP contribution in [0.25, 0.3) is 0 Å². The molecular formula is C23H37IN6. The summed E-state index contributed by atoms with van der Waals surface area (Å²) in [5, 5.41) is 6.94. The van der Waals surface area contributed by atoms with E-state index in [1.54, 1.807) is 0 Å². The van der Waals surface area contributed by atoms with Crippen LogP contribution in [-0.4, -0.2) is 52.1 Å². The van der Waals surface area contributed by atoms with Crippen LogP contribution in [0.15, 0.2) is 48.0 Å². The molecule has 30 heavy (non-hydrogen) atoms. The second-order valence-corrected chi connectivity index (χ2v) is 8.46. The maximum atomic E-state index is 4.80. The Morgan fingerprint density at radius 1 is 1.07 bits per heavy atom. The number of hydrogen-bond acceptors (Lipinski definition) is 3. The molecule has 7 heteroatoms. The monoisotopic (exact) mass is 524 g/mol. The topological polar surface area (TPSA) is 57.5 Å². The van der Waals surface area contributed by atoms with Crippen molar-refractivity contribution in [2.45, 2.75) is 58.7 Å². The number of imidazole rings is 1. The lowest BCUT2D eigenvalue weighted by atomic mass is 9.98. The van der Waals surface area contributed by atoms with Crippen molar-refractivity contribution < 1.29 is 0 Å². The predicted molar refractivity (Wildman–Crippen MR) is 136 cm³/mol. The van der Waals surface area contributed by atoms with Gasteiger partial charge < -0.3 is 15.2 Å². The summed E-state index contributed by atoms with van der Waals surface area (Å²) in [5.74, 6) is 0.889. The first-order valence-corrected chi connectivity index (χ1v) is 10.9. The van der Waals surface area contributed by atoms with Crippen LogP contribution in [0.2, 0.25) is 0 Å². The number of benzene rings is 1. The number of aliphatic imine (C=N–C) groups is 1. The Hall–Kier alpha value is -1.61. The first-order chi connectivity index (χ1) is 14.1. The fourth-order valence-corrected chi connectivity index (χ4v) is 3.76. The third-order valence-corrected chi connectivity index (χ3v) is 5.61. The standard InChI is InChI=1S/C23H36N6.HI/c1-4-25-22(27-18-23(2,3)29-13-6-5-7-14-29)26-16-20-8-10-21(11-9-20)17-28-15-12-24-19-28;/h8-12,15,19H,4-7,13-14,16-18H2,1-3H3,(H2,25,26,27);1H. The molecule has 1 saturated heterocycles. The summed E-state index contributed by atoms with van der Waals surface area (Å²) >= 11 is 0. The highest BCUT2D eigenvalue weighted by Gasteiger charge is 2.27. The highest BCUT2D eigenvalue weighted by atomic mass is 127. The Bertz CT molecular complexity index is 749. The summed E-state index contributed by atoms with van der Waals surface area (Å²) in [6.07, 6.45) is 9.63. The normalized spacial score (nSPS) is 15.5. The molecule has 0 spiro atoms. The molecule has 2 aromatic rings. The molecule has 166 valence electrons. The van der Waals surface area contributed by atoms with Crippen LogP contribution in [0.1, 0.15) is 51.2 Å². The van der Waals surface area contributed by atoms with Crippen LogP contribution in [0.5, 0.6) is 0 Å². The van der Waals surface area contributed by atoms with E-state index in [9.17, 15) is 0 Å². The molecule has 6 nitrogen and oxygen atoms in total. The zero-order chi connectivity index (χ0) is 20.5. The molecule has 1 aromatic carbocycles. The fourth-order valence-electron chi connectivity index (χ4n) is 3.76. The van der Waals surface area contributed by atoms with Crippen molar-refractivity contribution in [3.05, 3.63) is 54.1 Å². The third-order valence-electron chi connectivity index (χ3n) is 5.61. The van der Waals surface area contributed by atoms with Crippen molar-refractivity contribution in [3.8, 4) is 0 Å². The van der Waals surface area contributed by atoms with Crippen LogP contribution >= 0.6 is 24.0 Å². The molecule has 2 heterocycles. The van der Waals surface area contributed by atoms with Gasteiger partial charge in [-0.25, -0.2) is 9.98 Å². The van der Waals surface area contributed by atoms with E-state index in [1.165, 1.54) is 43.5 Å². The van der Waals surface area contributed by atoms with Crippen LogP contribution in [0.3, 0.4) is 0 Å². The van der Waals surface area contributed by atoms with Crippen LogP contribution in [0, 0.1) is 0 Å². The molecule has 1 aromatic heterocycles.